The summed E-state index contributed by atoms with van der Waals surface area (Å²) >= 11 is 0. The standard InChI is InChI=1S/C24H20F4N6/c1-31-18-4-17(25)22(26)20-15(18)3-19-21(20)23(34-10-14(6-30)24(27,28)11-34)16(9-33-19)13-2-12(5-29)7-32-8-13/h2,4,7-9,14,31H,3,6,10-11,30H2,1H3. The van der Waals surface area contributed by atoms with Crippen molar-refractivity contribution in [3.05, 3.63) is 59.2 Å². The number of alkyl halides is 2. The average molecular weight is 468 g/mol. The molecule has 1 saturated heterocycles. The number of nitrogens with one attached hydrogen (secondary N) is 1. The van der Waals surface area contributed by atoms with E-state index in [1.54, 1.807) is 13.1 Å². The SMILES string of the molecule is CNc1cc(F)c(F)c2c1Cc1ncc(-c3cncc(C#N)c3)c(N3CC(CN)C(F)(F)C3)c1-2. The Hall–Kier alpha value is -3.71. The van der Waals surface area contributed by atoms with Crippen LogP contribution in [-0.4, -0.2) is 42.6 Å². The Morgan fingerprint density at radius 3 is 2.71 bits per heavy atom. The number of aromatic nitrogens is 2. The predicted molar refractivity (Wildman–Crippen MR) is 120 cm³/mol. The van der Waals surface area contributed by atoms with E-state index < -0.39 is 30.0 Å². The van der Waals surface area contributed by atoms with Crippen LogP contribution in [-0.2, 0) is 6.42 Å². The molecule has 1 aliphatic heterocycles. The van der Waals surface area contributed by atoms with E-state index in [0.717, 1.165) is 6.07 Å². The first kappa shape index (κ1) is 22.1. The maximum Gasteiger partial charge on any atom is 0.270 e. The van der Waals surface area contributed by atoms with Crippen molar-refractivity contribution in [1.82, 2.24) is 9.97 Å². The third-order valence-electron chi connectivity index (χ3n) is 6.54. The summed E-state index contributed by atoms with van der Waals surface area (Å²) in [5, 5.41) is 12.2. The molecule has 1 aromatic carbocycles. The topological polar surface area (TPSA) is 90.9 Å². The summed E-state index contributed by atoms with van der Waals surface area (Å²) in [6.07, 6.45) is 4.59. The van der Waals surface area contributed by atoms with Crippen LogP contribution in [0.25, 0.3) is 22.3 Å². The van der Waals surface area contributed by atoms with Crippen molar-refractivity contribution in [3.63, 3.8) is 0 Å². The lowest BCUT2D eigenvalue weighted by Gasteiger charge is -2.25. The van der Waals surface area contributed by atoms with Gasteiger partial charge in [0.2, 0.25) is 0 Å². The van der Waals surface area contributed by atoms with Crippen molar-refractivity contribution in [2.75, 3.05) is 36.9 Å². The lowest BCUT2D eigenvalue weighted by atomic mass is 9.97. The molecule has 3 N–H and O–H groups in total. The van der Waals surface area contributed by atoms with Gasteiger partial charge in [0.25, 0.3) is 5.92 Å². The van der Waals surface area contributed by atoms with Crippen molar-refractivity contribution in [2.24, 2.45) is 11.7 Å². The van der Waals surface area contributed by atoms with Gasteiger partial charge in [0.05, 0.1) is 29.4 Å². The molecular formula is C24H20F4N6. The first-order chi connectivity index (χ1) is 16.3. The van der Waals surface area contributed by atoms with Crippen molar-refractivity contribution in [2.45, 2.75) is 12.3 Å². The van der Waals surface area contributed by atoms with Crippen molar-refractivity contribution in [1.29, 1.82) is 5.26 Å². The van der Waals surface area contributed by atoms with Crippen LogP contribution in [0.2, 0.25) is 0 Å². The summed E-state index contributed by atoms with van der Waals surface area (Å²) in [5.74, 6) is -6.27. The van der Waals surface area contributed by atoms with Crippen LogP contribution in [0.4, 0.5) is 28.9 Å². The lowest BCUT2D eigenvalue weighted by molar-refractivity contribution is -0.0170. The summed E-state index contributed by atoms with van der Waals surface area (Å²) in [7, 11) is 1.60. The van der Waals surface area contributed by atoms with E-state index in [1.165, 1.54) is 23.5 Å². The highest BCUT2D eigenvalue weighted by Gasteiger charge is 2.49. The normalized spacial score (nSPS) is 17.9. The number of anilines is 2. The maximum atomic E-state index is 15.2. The van der Waals surface area contributed by atoms with Gasteiger partial charge < -0.3 is 16.0 Å². The number of nitrogens with two attached hydrogens (primary N) is 1. The summed E-state index contributed by atoms with van der Waals surface area (Å²) in [6, 6.07) is 4.64. The molecule has 6 nitrogen and oxygen atoms in total. The quantitative estimate of drug-likeness (QED) is 0.441. The summed E-state index contributed by atoms with van der Waals surface area (Å²) in [5.41, 5.74) is 8.71. The Labute approximate surface area is 193 Å². The van der Waals surface area contributed by atoms with Gasteiger partial charge in [-0.15, -0.1) is 0 Å². The Kier molecular flexibility index (Phi) is 5.17. The van der Waals surface area contributed by atoms with Crippen molar-refractivity contribution in [3.8, 4) is 28.3 Å². The molecule has 34 heavy (non-hydrogen) atoms. The van der Waals surface area contributed by atoms with Crippen LogP contribution in [0.1, 0.15) is 16.8 Å². The number of hydrogen-bond acceptors (Lipinski definition) is 6. The van der Waals surface area contributed by atoms with Gasteiger partial charge in [0.15, 0.2) is 11.6 Å². The number of pyridine rings is 2. The zero-order chi connectivity index (χ0) is 24.2. The van der Waals surface area contributed by atoms with E-state index >= 15 is 4.39 Å². The van der Waals surface area contributed by atoms with E-state index in [-0.39, 0.29) is 36.2 Å². The highest BCUT2D eigenvalue weighted by atomic mass is 19.3. The number of nitriles is 1. The molecule has 3 heterocycles. The number of halogens is 4. The number of fused-ring (bicyclic) bond motifs is 3. The molecule has 1 fully saturated rings. The summed E-state index contributed by atoms with van der Waals surface area (Å²) in [6.45, 7) is -0.917. The molecule has 3 aromatic rings. The van der Waals surface area contributed by atoms with E-state index in [1.807, 2.05) is 6.07 Å². The lowest BCUT2D eigenvalue weighted by Crippen LogP contribution is -2.32. The molecule has 1 unspecified atom stereocenters. The second-order valence-electron chi connectivity index (χ2n) is 8.49. The predicted octanol–water partition coefficient (Wildman–Crippen LogP) is 3.94. The smallest absolute Gasteiger partial charge is 0.270 e. The Morgan fingerprint density at radius 1 is 1.24 bits per heavy atom. The van der Waals surface area contributed by atoms with Gasteiger partial charge in [-0.05, 0) is 11.6 Å². The van der Waals surface area contributed by atoms with Gasteiger partial charge >= 0.3 is 0 Å². The number of hydrogen-bond donors (Lipinski definition) is 2. The summed E-state index contributed by atoms with van der Waals surface area (Å²) < 4.78 is 59.3. The molecule has 1 aliphatic carbocycles. The van der Waals surface area contributed by atoms with Gasteiger partial charge in [-0.25, -0.2) is 17.6 Å². The van der Waals surface area contributed by atoms with Crippen LogP contribution in [0.5, 0.6) is 0 Å². The first-order valence-corrected chi connectivity index (χ1v) is 10.7. The van der Waals surface area contributed by atoms with Gasteiger partial charge in [-0.3, -0.25) is 9.97 Å². The number of nitrogens with zero attached hydrogens (tertiary/aromatic N) is 4. The molecule has 0 amide bonds. The third-order valence-corrected chi connectivity index (χ3v) is 6.54. The second kappa shape index (κ2) is 7.95. The van der Waals surface area contributed by atoms with Gasteiger partial charge in [0.1, 0.15) is 6.07 Å². The first-order valence-electron chi connectivity index (χ1n) is 10.7. The maximum absolute atomic E-state index is 15.2. The molecule has 174 valence electrons. The third kappa shape index (κ3) is 3.27. The highest BCUT2D eigenvalue weighted by molar-refractivity contribution is 5.97. The number of benzene rings is 1. The molecule has 2 aromatic heterocycles. The summed E-state index contributed by atoms with van der Waals surface area (Å²) in [4.78, 5) is 10.0. The average Bonchev–Trinajstić information content (AvgIpc) is 3.37. The van der Waals surface area contributed by atoms with Crippen LogP contribution >= 0.6 is 0 Å². The van der Waals surface area contributed by atoms with Crippen molar-refractivity contribution >= 4 is 11.4 Å². The minimum absolute atomic E-state index is 0.00705. The van der Waals surface area contributed by atoms with E-state index in [9.17, 15) is 18.4 Å². The fraction of sp³-hybridized carbons (Fsp3) is 0.292. The fourth-order valence-electron chi connectivity index (χ4n) is 4.89. The zero-order valence-corrected chi connectivity index (χ0v) is 18.2. The number of rotatable bonds is 4. The molecule has 5 rings (SSSR count). The van der Waals surface area contributed by atoms with Gasteiger partial charge in [-0.2, -0.15) is 5.26 Å². The Bertz CT molecular complexity index is 1350. The Balaban J connectivity index is 1.81. The molecule has 1 atom stereocenters. The molecule has 0 bridgehead atoms. The second-order valence-corrected chi connectivity index (χ2v) is 8.49. The van der Waals surface area contributed by atoms with Crippen LogP contribution in [0.3, 0.4) is 0 Å². The monoisotopic (exact) mass is 468 g/mol. The van der Waals surface area contributed by atoms with Crippen molar-refractivity contribution < 1.29 is 17.6 Å². The molecule has 2 aliphatic rings. The Morgan fingerprint density at radius 2 is 2.03 bits per heavy atom. The fourth-order valence-corrected chi connectivity index (χ4v) is 4.89. The van der Waals surface area contributed by atoms with E-state index in [4.69, 9.17) is 5.73 Å². The molecule has 0 spiro atoms. The molecule has 0 radical (unpaired) electrons. The van der Waals surface area contributed by atoms with E-state index in [2.05, 4.69) is 15.3 Å². The molecule has 0 saturated carbocycles. The zero-order valence-electron chi connectivity index (χ0n) is 18.2. The molecular weight excluding hydrogens is 448 g/mol. The minimum Gasteiger partial charge on any atom is -0.388 e. The van der Waals surface area contributed by atoms with Crippen LogP contribution in [0.15, 0.2) is 30.7 Å². The van der Waals surface area contributed by atoms with Crippen LogP contribution in [0, 0.1) is 28.9 Å². The largest absolute Gasteiger partial charge is 0.388 e. The van der Waals surface area contributed by atoms with Gasteiger partial charge in [0, 0.05) is 79.2 Å². The highest BCUT2D eigenvalue weighted by Crippen LogP contribution is 2.51. The minimum atomic E-state index is -3.06. The van der Waals surface area contributed by atoms with E-state index in [0.29, 0.717) is 33.8 Å². The van der Waals surface area contributed by atoms with Crippen LogP contribution < -0.4 is 16.0 Å². The molecule has 10 heteroatoms. The van der Waals surface area contributed by atoms with Gasteiger partial charge in [-0.1, -0.05) is 0 Å².